The van der Waals surface area contributed by atoms with Crippen molar-refractivity contribution in [3.8, 4) is 0 Å². The van der Waals surface area contributed by atoms with E-state index in [1.807, 2.05) is 4.90 Å². The van der Waals surface area contributed by atoms with E-state index >= 15 is 0 Å². The van der Waals surface area contributed by atoms with E-state index in [0.29, 0.717) is 6.04 Å². The van der Waals surface area contributed by atoms with Gasteiger partial charge in [0.25, 0.3) is 0 Å². The third-order valence-electron chi connectivity index (χ3n) is 3.16. The predicted molar refractivity (Wildman–Crippen MR) is 62.9 cm³/mol. The Morgan fingerprint density at radius 2 is 2.07 bits per heavy atom. The van der Waals surface area contributed by atoms with Gasteiger partial charge >= 0.3 is 6.03 Å². The van der Waals surface area contributed by atoms with E-state index in [0.717, 1.165) is 44.7 Å². The van der Waals surface area contributed by atoms with Crippen molar-refractivity contribution in [3.63, 3.8) is 0 Å². The van der Waals surface area contributed by atoms with Crippen LogP contribution in [-0.2, 0) is 0 Å². The van der Waals surface area contributed by atoms with Crippen LogP contribution in [0.5, 0.6) is 0 Å². The molecule has 0 aromatic heterocycles. The van der Waals surface area contributed by atoms with Gasteiger partial charge in [-0.25, -0.2) is 4.79 Å². The second-order valence-electron chi connectivity index (χ2n) is 4.81. The fourth-order valence-electron chi connectivity index (χ4n) is 2.02. The average Bonchev–Trinajstić information content (AvgIpc) is 2.18. The van der Waals surface area contributed by atoms with Gasteiger partial charge in [0.15, 0.2) is 0 Å². The van der Waals surface area contributed by atoms with Gasteiger partial charge in [-0.05, 0) is 32.1 Å². The van der Waals surface area contributed by atoms with Crippen LogP contribution in [0.15, 0.2) is 0 Å². The molecule has 1 aliphatic heterocycles. The van der Waals surface area contributed by atoms with Gasteiger partial charge in [-0.2, -0.15) is 0 Å². The Labute approximate surface area is 93.2 Å². The molecule has 1 heterocycles. The van der Waals surface area contributed by atoms with Crippen LogP contribution in [0.1, 0.15) is 46.5 Å². The summed E-state index contributed by atoms with van der Waals surface area (Å²) in [6, 6.07) is 0.435. The predicted octanol–water partition coefficient (Wildman–Crippen LogP) is 2.62. The summed E-state index contributed by atoms with van der Waals surface area (Å²) < 4.78 is 0. The highest BCUT2D eigenvalue weighted by Gasteiger charge is 2.20. The van der Waals surface area contributed by atoms with Crippen LogP contribution in [-0.4, -0.2) is 30.1 Å². The highest BCUT2D eigenvalue weighted by molar-refractivity contribution is 5.74. The lowest BCUT2D eigenvalue weighted by Gasteiger charge is -2.31. The van der Waals surface area contributed by atoms with Crippen molar-refractivity contribution in [1.82, 2.24) is 10.2 Å². The third-order valence-corrected chi connectivity index (χ3v) is 3.16. The molecular formula is C12H24N2O. The Bertz CT molecular complexity index is 198. The molecule has 1 N–H and O–H groups in total. The molecule has 1 saturated heterocycles. The SMILES string of the molecule is CCCC(C)NC(=O)N1CCC(C)CC1. The minimum absolute atomic E-state index is 0.128. The molecule has 1 rings (SSSR count). The molecule has 0 aromatic carbocycles. The monoisotopic (exact) mass is 212 g/mol. The fourth-order valence-corrected chi connectivity index (χ4v) is 2.02. The minimum atomic E-state index is 0.128. The molecule has 15 heavy (non-hydrogen) atoms. The molecule has 0 saturated carbocycles. The van der Waals surface area contributed by atoms with E-state index in [1.165, 1.54) is 0 Å². The summed E-state index contributed by atoms with van der Waals surface area (Å²) in [6.45, 7) is 8.33. The molecule has 1 unspecified atom stereocenters. The molecule has 0 aliphatic carbocycles. The van der Waals surface area contributed by atoms with E-state index in [9.17, 15) is 4.79 Å². The van der Waals surface area contributed by atoms with Crippen molar-refractivity contribution in [2.24, 2.45) is 5.92 Å². The van der Waals surface area contributed by atoms with Gasteiger partial charge in [-0.3, -0.25) is 0 Å². The first kappa shape index (κ1) is 12.3. The van der Waals surface area contributed by atoms with Crippen molar-refractivity contribution in [1.29, 1.82) is 0 Å². The lowest BCUT2D eigenvalue weighted by atomic mass is 10.00. The molecule has 1 aliphatic rings. The lowest BCUT2D eigenvalue weighted by molar-refractivity contribution is 0.170. The zero-order valence-corrected chi connectivity index (χ0v) is 10.3. The normalized spacial score (nSPS) is 20.1. The van der Waals surface area contributed by atoms with Gasteiger partial charge in [0.1, 0.15) is 0 Å². The number of nitrogens with zero attached hydrogens (tertiary/aromatic N) is 1. The maximum absolute atomic E-state index is 11.8. The van der Waals surface area contributed by atoms with Gasteiger partial charge in [-0.15, -0.1) is 0 Å². The second-order valence-corrected chi connectivity index (χ2v) is 4.81. The van der Waals surface area contributed by atoms with Gasteiger partial charge in [-0.1, -0.05) is 20.3 Å². The van der Waals surface area contributed by atoms with E-state index < -0.39 is 0 Å². The highest BCUT2D eigenvalue weighted by Crippen LogP contribution is 2.15. The molecule has 88 valence electrons. The average molecular weight is 212 g/mol. The van der Waals surface area contributed by atoms with E-state index in [2.05, 4.69) is 26.1 Å². The third kappa shape index (κ3) is 4.10. The van der Waals surface area contributed by atoms with Gasteiger partial charge in [0.2, 0.25) is 0 Å². The molecule has 0 bridgehead atoms. The molecule has 0 radical (unpaired) electrons. The van der Waals surface area contributed by atoms with Crippen LogP contribution in [0.25, 0.3) is 0 Å². The Morgan fingerprint density at radius 1 is 1.47 bits per heavy atom. The van der Waals surface area contributed by atoms with Crippen LogP contribution in [0.2, 0.25) is 0 Å². The Hall–Kier alpha value is -0.730. The van der Waals surface area contributed by atoms with Gasteiger partial charge in [0.05, 0.1) is 0 Å². The van der Waals surface area contributed by atoms with Crippen molar-refractivity contribution in [3.05, 3.63) is 0 Å². The zero-order valence-electron chi connectivity index (χ0n) is 10.3. The van der Waals surface area contributed by atoms with Crippen molar-refractivity contribution in [2.45, 2.75) is 52.5 Å². The number of likely N-dealkylation sites (tertiary alicyclic amines) is 1. The molecule has 3 nitrogen and oxygen atoms in total. The van der Waals surface area contributed by atoms with Crippen LogP contribution in [0, 0.1) is 5.92 Å². The Morgan fingerprint density at radius 3 is 2.60 bits per heavy atom. The van der Waals surface area contributed by atoms with E-state index in [4.69, 9.17) is 0 Å². The summed E-state index contributed by atoms with van der Waals surface area (Å²) in [5, 5.41) is 3.05. The molecule has 0 spiro atoms. The maximum atomic E-state index is 11.8. The molecule has 1 fully saturated rings. The first-order chi connectivity index (χ1) is 7.13. The summed E-state index contributed by atoms with van der Waals surface area (Å²) in [6.07, 6.45) is 4.49. The molecule has 2 amide bonds. The number of amides is 2. The molecular weight excluding hydrogens is 188 g/mol. The van der Waals surface area contributed by atoms with Crippen LogP contribution in [0.4, 0.5) is 4.79 Å². The van der Waals surface area contributed by atoms with E-state index in [-0.39, 0.29) is 6.03 Å². The Kier molecular flexibility index (Phi) is 4.92. The van der Waals surface area contributed by atoms with Crippen molar-refractivity contribution in [2.75, 3.05) is 13.1 Å². The number of piperidine rings is 1. The number of carbonyl (C=O) groups excluding carboxylic acids is 1. The van der Waals surface area contributed by atoms with Gasteiger partial charge < -0.3 is 10.2 Å². The van der Waals surface area contributed by atoms with Crippen LogP contribution >= 0.6 is 0 Å². The van der Waals surface area contributed by atoms with Crippen molar-refractivity contribution < 1.29 is 4.79 Å². The number of nitrogens with one attached hydrogen (secondary N) is 1. The first-order valence-corrected chi connectivity index (χ1v) is 6.19. The highest BCUT2D eigenvalue weighted by atomic mass is 16.2. The molecule has 0 aromatic rings. The fraction of sp³-hybridized carbons (Fsp3) is 0.917. The number of rotatable bonds is 3. The summed E-state index contributed by atoms with van der Waals surface area (Å²) in [5.74, 6) is 0.780. The first-order valence-electron chi connectivity index (χ1n) is 6.19. The van der Waals surface area contributed by atoms with Crippen molar-refractivity contribution >= 4 is 6.03 Å². The minimum Gasteiger partial charge on any atom is -0.336 e. The summed E-state index contributed by atoms with van der Waals surface area (Å²) in [5.41, 5.74) is 0. The van der Waals surface area contributed by atoms with E-state index in [1.54, 1.807) is 0 Å². The number of carbonyl (C=O) groups is 1. The summed E-state index contributed by atoms with van der Waals surface area (Å²) in [4.78, 5) is 13.8. The van der Waals surface area contributed by atoms with Gasteiger partial charge in [0, 0.05) is 19.1 Å². The number of hydrogen-bond donors (Lipinski definition) is 1. The lowest BCUT2D eigenvalue weighted by Crippen LogP contribution is -2.46. The summed E-state index contributed by atoms with van der Waals surface area (Å²) >= 11 is 0. The largest absolute Gasteiger partial charge is 0.336 e. The molecule has 1 atom stereocenters. The van der Waals surface area contributed by atoms with Crippen LogP contribution < -0.4 is 5.32 Å². The van der Waals surface area contributed by atoms with Crippen LogP contribution in [0.3, 0.4) is 0 Å². The Balaban J connectivity index is 2.27. The standard InChI is InChI=1S/C12H24N2O/c1-4-5-11(3)13-12(15)14-8-6-10(2)7-9-14/h10-11H,4-9H2,1-3H3,(H,13,15). The number of hydrogen-bond acceptors (Lipinski definition) is 1. The quantitative estimate of drug-likeness (QED) is 0.766. The smallest absolute Gasteiger partial charge is 0.317 e. The maximum Gasteiger partial charge on any atom is 0.317 e. The second kappa shape index (κ2) is 5.99. The topological polar surface area (TPSA) is 32.3 Å². The summed E-state index contributed by atoms with van der Waals surface area (Å²) in [7, 11) is 0. The number of urea groups is 1. The molecule has 3 heteroatoms. The zero-order chi connectivity index (χ0) is 11.3.